The number of aryl methyl sites for hydroxylation is 3. The lowest BCUT2D eigenvalue weighted by Crippen LogP contribution is -2.13. The highest BCUT2D eigenvalue weighted by Crippen LogP contribution is 2.35. The standard InChI is InChI=1S/C17H18N4OS/c1-9-4-6-12(7-5-9)16(22)20-14-10(2)8-13-15(11(14)3)23-17(19-13)21-18/h4-8H,18H2,1-3H3,(H,19,21)(H,20,22). The Hall–Kier alpha value is -2.44. The Bertz CT molecular complexity index is 884. The van der Waals surface area contributed by atoms with E-state index in [1.54, 1.807) is 0 Å². The van der Waals surface area contributed by atoms with Gasteiger partial charge in [-0.15, -0.1) is 0 Å². The van der Waals surface area contributed by atoms with Crippen LogP contribution < -0.4 is 16.6 Å². The minimum absolute atomic E-state index is 0.114. The van der Waals surface area contributed by atoms with E-state index in [-0.39, 0.29) is 5.91 Å². The molecule has 0 saturated heterocycles. The summed E-state index contributed by atoms with van der Waals surface area (Å²) in [5.74, 6) is 5.32. The Morgan fingerprint density at radius 3 is 2.52 bits per heavy atom. The Morgan fingerprint density at radius 1 is 1.17 bits per heavy atom. The fourth-order valence-electron chi connectivity index (χ4n) is 2.53. The molecule has 4 N–H and O–H groups in total. The number of hydrogen-bond acceptors (Lipinski definition) is 5. The molecule has 1 aromatic heterocycles. The molecule has 0 radical (unpaired) electrons. The number of carbonyl (C=O) groups excluding carboxylic acids is 1. The summed E-state index contributed by atoms with van der Waals surface area (Å²) in [4.78, 5) is 16.9. The number of nitrogens with one attached hydrogen (secondary N) is 2. The number of hydrogen-bond donors (Lipinski definition) is 3. The smallest absolute Gasteiger partial charge is 0.255 e. The summed E-state index contributed by atoms with van der Waals surface area (Å²) < 4.78 is 1.02. The number of aromatic nitrogens is 1. The van der Waals surface area contributed by atoms with E-state index < -0.39 is 0 Å². The van der Waals surface area contributed by atoms with Crippen molar-refractivity contribution in [2.24, 2.45) is 5.84 Å². The summed E-state index contributed by atoms with van der Waals surface area (Å²) in [6, 6.07) is 9.48. The van der Waals surface area contributed by atoms with E-state index in [2.05, 4.69) is 15.7 Å². The first-order chi connectivity index (χ1) is 11.0. The molecule has 0 fully saturated rings. The van der Waals surface area contributed by atoms with Crippen LogP contribution >= 0.6 is 11.3 Å². The number of nitrogen functional groups attached to an aromatic ring is 1. The van der Waals surface area contributed by atoms with E-state index in [1.807, 2.05) is 51.1 Å². The molecular weight excluding hydrogens is 308 g/mol. The van der Waals surface area contributed by atoms with Crippen molar-refractivity contribution < 1.29 is 4.79 Å². The van der Waals surface area contributed by atoms with Gasteiger partial charge in [0.05, 0.1) is 10.2 Å². The number of fused-ring (bicyclic) bond motifs is 1. The van der Waals surface area contributed by atoms with Gasteiger partial charge in [-0.25, -0.2) is 10.8 Å². The number of benzene rings is 2. The van der Waals surface area contributed by atoms with Gasteiger partial charge in [0, 0.05) is 11.3 Å². The summed E-state index contributed by atoms with van der Waals surface area (Å²) in [6.07, 6.45) is 0. The number of hydrazine groups is 1. The van der Waals surface area contributed by atoms with E-state index in [1.165, 1.54) is 11.3 Å². The van der Waals surface area contributed by atoms with Crippen LogP contribution in [-0.4, -0.2) is 10.9 Å². The van der Waals surface area contributed by atoms with Crippen LogP contribution in [0.3, 0.4) is 0 Å². The van der Waals surface area contributed by atoms with E-state index in [4.69, 9.17) is 5.84 Å². The van der Waals surface area contributed by atoms with E-state index >= 15 is 0 Å². The van der Waals surface area contributed by atoms with Gasteiger partial charge in [-0.1, -0.05) is 29.0 Å². The summed E-state index contributed by atoms with van der Waals surface area (Å²) in [6.45, 7) is 5.95. The molecule has 0 aliphatic carbocycles. The zero-order valence-electron chi connectivity index (χ0n) is 13.2. The highest BCUT2D eigenvalue weighted by molar-refractivity contribution is 7.22. The van der Waals surface area contributed by atoms with Gasteiger partial charge in [-0.05, 0) is 50.1 Å². The van der Waals surface area contributed by atoms with Crippen LogP contribution in [0.2, 0.25) is 0 Å². The zero-order chi connectivity index (χ0) is 16.6. The number of carbonyl (C=O) groups is 1. The van der Waals surface area contributed by atoms with Gasteiger partial charge >= 0.3 is 0 Å². The average Bonchev–Trinajstić information content (AvgIpc) is 2.95. The predicted octanol–water partition coefficient (Wildman–Crippen LogP) is 3.76. The monoisotopic (exact) mass is 326 g/mol. The van der Waals surface area contributed by atoms with Crippen LogP contribution in [0.15, 0.2) is 30.3 Å². The number of amides is 1. The molecule has 0 aliphatic rings. The lowest BCUT2D eigenvalue weighted by molar-refractivity contribution is 0.102. The molecular formula is C17H18N4OS. The van der Waals surface area contributed by atoms with E-state index in [0.717, 1.165) is 32.6 Å². The van der Waals surface area contributed by atoms with Crippen LogP contribution in [0, 0.1) is 20.8 Å². The second kappa shape index (κ2) is 5.98. The van der Waals surface area contributed by atoms with Crippen molar-refractivity contribution in [1.29, 1.82) is 0 Å². The molecule has 0 bridgehead atoms. The molecule has 3 aromatic rings. The quantitative estimate of drug-likeness (QED) is 0.506. The zero-order valence-corrected chi connectivity index (χ0v) is 14.0. The fraction of sp³-hybridized carbons (Fsp3) is 0.176. The van der Waals surface area contributed by atoms with Gasteiger partial charge in [0.25, 0.3) is 5.91 Å². The molecule has 1 heterocycles. The second-order valence-electron chi connectivity index (χ2n) is 5.53. The first kappa shape index (κ1) is 15.5. The third-order valence-corrected chi connectivity index (χ3v) is 4.91. The van der Waals surface area contributed by atoms with Gasteiger partial charge in [-0.2, -0.15) is 0 Å². The first-order valence-corrected chi connectivity index (χ1v) is 8.06. The third-order valence-electron chi connectivity index (χ3n) is 3.79. The molecule has 0 saturated carbocycles. The van der Waals surface area contributed by atoms with Crippen molar-refractivity contribution in [3.05, 3.63) is 52.6 Å². The molecule has 118 valence electrons. The molecule has 0 aliphatic heterocycles. The summed E-state index contributed by atoms with van der Waals surface area (Å²) >= 11 is 1.47. The SMILES string of the molecule is Cc1ccc(C(=O)Nc2c(C)cc3nc(NN)sc3c2C)cc1. The Kier molecular flexibility index (Phi) is 4.02. The van der Waals surface area contributed by atoms with Gasteiger partial charge in [-0.3, -0.25) is 10.2 Å². The van der Waals surface area contributed by atoms with Crippen molar-refractivity contribution in [1.82, 2.24) is 4.98 Å². The molecule has 5 nitrogen and oxygen atoms in total. The Balaban J connectivity index is 1.99. The van der Waals surface area contributed by atoms with Crippen molar-refractivity contribution in [2.45, 2.75) is 20.8 Å². The minimum Gasteiger partial charge on any atom is -0.321 e. The molecule has 6 heteroatoms. The number of nitrogens with two attached hydrogens (primary N) is 1. The van der Waals surface area contributed by atoms with Gasteiger partial charge < -0.3 is 5.32 Å². The van der Waals surface area contributed by atoms with Gasteiger partial charge in [0.15, 0.2) is 5.13 Å². The second-order valence-corrected chi connectivity index (χ2v) is 6.52. The maximum absolute atomic E-state index is 12.5. The van der Waals surface area contributed by atoms with Crippen LogP contribution in [0.25, 0.3) is 10.2 Å². The van der Waals surface area contributed by atoms with Crippen LogP contribution in [-0.2, 0) is 0 Å². The highest BCUT2D eigenvalue weighted by atomic mass is 32.1. The van der Waals surface area contributed by atoms with Crippen molar-refractivity contribution >= 4 is 38.3 Å². The van der Waals surface area contributed by atoms with E-state index in [0.29, 0.717) is 10.7 Å². The summed E-state index contributed by atoms with van der Waals surface area (Å²) in [5.41, 5.74) is 8.03. The molecule has 1 amide bonds. The number of rotatable bonds is 3. The van der Waals surface area contributed by atoms with Gasteiger partial charge in [0.2, 0.25) is 0 Å². The highest BCUT2D eigenvalue weighted by Gasteiger charge is 2.15. The lowest BCUT2D eigenvalue weighted by atomic mass is 10.1. The Morgan fingerprint density at radius 2 is 1.87 bits per heavy atom. The van der Waals surface area contributed by atoms with Crippen LogP contribution in [0.5, 0.6) is 0 Å². The predicted molar refractivity (Wildman–Crippen MR) is 96.0 cm³/mol. The first-order valence-electron chi connectivity index (χ1n) is 7.25. The maximum Gasteiger partial charge on any atom is 0.255 e. The normalized spacial score (nSPS) is 10.8. The van der Waals surface area contributed by atoms with Crippen molar-refractivity contribution in [2.75, 3.05) is 10.7 Å². The molecule has 0 atom stereocenters. The Labute approximate surface area is 138 Å². The molecule has 23 heavy (non-hydrogen) atoms. The minimum atomic E-state index is -0.114. The number of nitrogens with zero attached hydrogens (tertiary/aromatic N) is 1. The third kappa shape index (κ3) is 2.91. The largest absolute Gasteiger partial charge is 0.321 e. The molecule has 2 aromatic carbocycles. The topological polar surface area (TPSA) is 80.0 Å². The number of anilines is 2. The summed E-state index contributed by atoms with van der Waals surface area (Å²) in [7, 11) is 0. The maximum atomic E-state index is 12.5. The van der Waals surface area contributed by atoms with Crippen LogP contribution in [0.4, 0.5) is 10.8 Å². The van der Waals surface area contributed by atoms with Crippen LogP contribution in [0.1, 0.15) is 27.0 Å². The van der Waals surface area contributed by atoms with Crippen molar-refractivity contribution in [3.8, 4) is 0 Å². The van der Waals surface area contributed by atoms with Gasteiger partial charge in [0.1, 0.15) is 0 Å². The van der Waals surface area contributed by atoms with Crippen molar-refractivity contribution in [3.63, 3.8) is 0 Å². The molecule has 0 spiro atoms. The molecule has 3 rings (SSSR count). The lowest BCUT2D eigenvalue weighted by Gasteiger charge is -2.12. The average molecular weight is 326 g/mol. The fourth-order valence-corrected chi connectivity index (χ4v) is 3.39. The van der Waals surface area contributed by atoms with E-state index in [9.17, 15) is 4.79 Å². The molecule has 0 unspecified atom stereocenters. The summed E-state index contributed by atoms with van der Waals surface area (Å²) in [5, 5.41) is 3.68. The number of thiazole rings is 1.